The van der Waals surface area contributed by atoms with Gasteiger partial charge in [-0.25, -0.2) is 0 Å². The molecule has 0 bridgehead atoms. The standard InChI is InChI=1S/C19H29N5O/c1-3-19(25)21-17-14-15(20)4-5-18(17)24-8-6-16(7-9-24)23-12-10-22(2)11-13-23/h3-5,14,16H,1,6-13,20H2,2H3,(H,21,25). The number of hydrogen-bond acceptors (Lipinski definition) is 5. The number of benzene rings is 1. The number of carbonyl (C=O) groups excluding carboxylic acids is 1. The van der Waals surface area contributed by atoms with Crippen LogP contribution >= 0.6 is 0 Å². The van der Waals surface area contributed by atoms with Crippen LogP contribution in [0.15, 0.2) is 30.9 Å². The van der Waals surface area contributed by atoms with Crippen LogP contribution in [0.1, 0.15) is 12.8 Å². The van der Waals surface area contributed by atoms with Crippen LogP contribution in [-0.4, -0.2) is 68.1 Å². The zero-order chi connectivity index (χ0) is 17.8. The van der Waals surface area contributed by atoms with Gasteiger partial charge < -0.3 is 20.9 Å². The number of nitrogens with two attached hydrogens (primary N) is 1. The summed E-state index contributed by atoms with van der Waals surface area (Å²) in [6.45, 7) is 10.2. The number of anilines is 3. The third-order valence-corrected chi connectivity index (χ3v) is 5.32. The fraction of sp³-hybridized carbons (Fsp3) is 0.526. The van der Waals surface area contributed by atoms with Crippen LogP contribution in [-0.2, 0) is 4.79 Å². The second-order valence-corrected chi connectivity index (χ2v) is 7.03. The Morgan fingerprint density at radius 3 is 2.52 bits per heavy atom. The number of nitrogen functional groups attached to an aromatic ring is 1. The predicted octanol–water partition coefficient (Wildman–Crippen LogP) is 1.61. The fourth-order valence-corrected chi connectivity index (χ4v) is 3.77. The lowest BCUT2D eigenvalue weighted by molar-refractivity contribution is -0.111. The van der Waals surface area contributed by atoms with Crippen molar-refractivity contribution in [3.63, 3.8) is 0 Å². The Labute approximate surface area is 150 Å². The summed E-state index contributed by atoms with van der Waals surface area (Å²) >= 11 is 0. The van der Waals surface area contributed by atoms with E-state index in [0.29, 0.717) is 11.7 Å². The van der Waals surface area contributed by atoms with E-state index in [1.54, 1.807) is 0 Å². The summed E-state index contributed by atoms with van der Waals surface area (Å²) in [6, 6.07) is 6.39. The molecule has 2 aliphatic heterocycles. The first-order chi connectivity index (χ1) is 12.1. The van der Waals surface area contributed by atoms with Crippen molar-refractivity contribution in [1.29, 1.82) is 0 Å². The third-order valence-electron chi connectivity index (χ3n) is 5.32. The Morgan fingerprint density at radius 2 is 1.88 bits per heavy atom. The quantitative estimate of drug-likeness (QED) is 0.642. The zero-order valence-electron chi connectivity index (χ0n) is 15.1. The molecule has 0 aromatic heterocycles. The van der Waals surface area contributed by atoms with Crippen molar-refractivity contribution in [2.24, 2.45) is 0 Å². The molecule has 0 unspecified atom stereocenters. The Bertz CT molecular complexity index is 616. The molecule has 25 heavy (non-hydrogen) atoms. The van der Waals surface area contributed by atoms with Gasteiger partial charge in [0, 0.05) is 51.0 Å². The highest BCUT2D eigenvalue weighted by atomic mass is 16.1. The molecule has 6 heteroatoms. The Hall–Kier alpha value is -2.05. The van der Waals surface area contributed by atoms with E-state index in [0.717, 1.165) is 50.4 Å². The fourth-order valence-electron chi connectivity index (χ4n) is 3.77. The average molecular weight is 343 g/mol. The van der Waals surface area contributed by atoms with E-state index in [1.807, 2.05) is 18.2 Å². The molecular formula is C19H29N5O. The first-order valence-corrected chi connectivity index (χ1v) is 9.07. The number of hydrogen-bond donors (Lipinski definition) is 2. The van der Waals surface area contributed by atoms with E-state index in [-0.39, 0.29) is 5.91 Å². The summed E-state index contributed by atoms with van der Waals surface area (Å²) in [5.41, 5.74) is 8.36. The molecule has 1 aromatic carbocycles. The molecule has 3 rings (SSSR count). The first kappa shape index (κ1) is 17.8. The van der Waals surface area contributed by atoms with Crippen molar-refractivity contribution in [2.45, 2.75) is 18.9 Å². The van der Waals surface area contributed by atoms with E-state index in [4.69, 9.17) is 5.73 Å². The second kappa shape index (κ2) is 7.89. The van der Waals surface area contributed by atoms with E-state index in [2.05, 4.69) is 33.6 Å². The van der Waals surface area contributed by atoms with E-state index in [9.17, 15) is 4.79 Å². The van der Waals surface area contributed by atoms with Crippen LogP contribution in [0, 0.1) is 0 Å². The molecular weight excluding hydrogens is 314 g/mol. The summed E-state index contributed by atoms with van der Waals surface area (Å²) in [6.07, 6.45) is 3.60. The number of nitrogens with zero attached hydrogens (tertiary/aromatic N) is 3. The minimum atomic E-state index is -0.209. The molecule has 2 saturated heterocycles. The van der Waals surface area contributed by atoms with Gasteiger partial charge >= 0.3 is 0 Å². The Balaban J connectivity index is 1.64. The van der Waals surface area contributed by atoms with Crippen LogP contribution < -0.4 is 16.0 Å². The second-order valence-electron chi connectivity index (χ2n) is 7.03. The molecule has 3 N–H and O–H groups in total. The lowest BCUT2D eigenvalue weighted by atomic mass is 10.0. The van der Waals surface area contributed by atoms with Crippen molar-refractivity contribution < 1.29 is 4.79 Å². The maximum atomic E-state index is 11.7. The van der Waals surface area contributed by atoms with Gasteiger partial charge in [0.2, 0.25) is 5.91 Å². The minimum absolute atomic E-state index is 0.209. The summed E-state index contributed by atoms with van der Waals surface area (Å²) in [4.78, 5) is 19.1. The monoisotopic (exact) mass is 343 g/mol. The molecule has 2 aliphatic rings. The number of likely N-dealkylation sites (N-methyl/N-ethyl adjacent to an activating group) is 1. The van der Waals surface area contributed by atoms with Crippen LogP contribution in [0.2, 0.25) is 0 Å². The molecule has 0 saturated carbocycles. The molecule has 0 spiro atoms. The number of piperazine rings is 1. The van der Waals surface area contributed by atoms with E-state index < -0.39 is 0 Å². The molecule has 0 atom stereocenters. The van der Waals surface area contributed by atoms with Crippen molar-refractivity contribution in [3.8, 4) is 0 Å². The van der Waals surface area contributed by atoms with Crippen molar-refractivity contribution in [2.75, 3.05) is 62.3 Å². The largest absolute Gasteiger partial charge is 0.399 e. The van der Waals surface area contributed by atoms with Gasteiger partial charge in [0.1, 0.15) is 0 Å². The van der Waals surface area contributed by atoms with Crippen molar-refractivity contribution in [3.05, 3.63) is 30.9 Å². The van der Waals surface area contributed by atoms with Gasteiger partial charge in [-0.1, -0.05) is 6.58 Å². The summed E-state index contributed by atoms with van der Waals surface area (Å²) in [7, 11) is 2.19. The third kappa shape index (κ3) is 4.32. The summed E-state index contributed by atoms with van der Waals surface area (Å²) in [5, 5.41) is 2.88. The Morgan fingerprint density at radius 1 is 1.20 bits per heavy atom. The number of amides is 1. The van der Waals surface area contributed by atoms with Gasteiger partial charge in [-0.3, -0.25) is 9.69 Å². The molecule has 0 radical (unpaired) electrons. The number of piperidine rings is 1. The van der Waals surface area contributed by atoms with E-state index >= 15 is 0 Å². The molecule has 136 valence electrons. The average Bonchev–Trinajstić information content (AvgIpc) is 2.63. The zero-order valence-corrected chi connectivity index (χ0v) is 15.1. The van der Waals surface area contributed by atoms with Crippen molar-refractivity contribution in [1.82, 2.24) is 9.80 Å². The topological polar surface area (TPSA) is 64.8 Å². The van der Waals surface area contributed by atoms with Gasteiger partial charge in [-0.15, -0.1) is 0 Å². The smallest absolute Gasteiger partial charge is 0.247 e. The first-order valence-electron chi connectivity index (χ1n) is 9.07. The van der Waals surface area contributed by atoms with Gasteiger partial charge in [0.15, 0.2) is 0 Å². The maximum Gasteiger partial charge on any atom is 0.247 e. The summed E-state index contributed by atoms with van der Waals surface area (Å²) in [5.74, 6) is -0.209. The number of nitrogens with one attached hydrogen (secondary N) is 1. The van der Waals surface area contributed by atoms with Crippen LogP contribution in [0.25, 0.3) is 0 Å². The Kier molecular flexibility index (Phi) is 5.60. The van der Waals surface area contributed by atoms with Crippen LogP contribution in [0.3, 0.4) is 0 Å². The molecule has 6 nitrogen and oxygen atoms in total. The van der Waals surface area contributed by atoms with Gasteiger partial charge in [-0.2, -0.15) is 0 Å². The highest BCUT2D eigenvalue weighted by Crippen LogP contribution is 2.31. The van der Waals surface area contributed by atoms with Gasteiger partial charge in [-0.05, 0) is 44.2 Å². The highest BCUT2D eigenvalue weighted by molar-refractivity contribution is 6.01. The number of rotatable bonds is 4. The van der Waals surface area contributed by atoms with E-state index in [1.165, 1.54) is 19.2 Å². The van der Waals surface area contributed by atoms with Crippen molar-refractivity contribution >= 4 is 23.0 Å². The minimum Gasteiger partial charge on any atom is -0.399 e. The van der Waals surface area contributed by atoms with Gasteiger partial charge in [0.25, 0.3) is 0 Å². The number of carbonyl (C=O) groups is 1. The lowest BCUT2D eigenvalue weighted by Crippen LogP contribution is -2.52. The molecule has 0 aliphatic carbocycles. The van der Waals surface area contributed by atoms with Crippen LogP contribution in [0.4, 0.5) is 17.1 Å². The predicted molar refractivity (Wildman–Crippen MR) is 104 cm³/mol. The lowest BCUT2D eigenvalue weighted by Gasteiger charge is -2.43. The summed E-state index contributed by atoms with van der Waals surface area (Å²) < 4.78 is 0. The molecule has 1 amide bonds. The normalized spacial score (nSPS) is 20.4. The molecule has 1 aromatic rings. The maximum absolute atomic E-state index is 11.7. The highest BCUT2D eigenvalue weighted by Gasteiger charge is 2.27. The molecule has 2 heterocycles. The SMILES string of the molecule is C=CC(=O)Nc1cc(N)ccc1N1CCC(N2CCN(C)CC2)CC1. The van der Waals surface area contributed by atoms with Crippen LogP contribution in [0.5, 0.6) is 0 Å². The molecule has 2 fully saturated rings. The van der Waals surface area contributed by atoms with Gasteiger partial charge in [0.05, 0.1) is 11.4 Å².